The number of nitrogens with one attached hydrogen (secondary N) is 1. The van der Waals surface area contributed by atoms with Crippen molar-refractivity contribution in [3.8, 4) is 0 Å². The number of nitrogens with zero attached hydrogens (tertiary/aromatic N) is 1. The predicted molar refractivity (Wildman–Crippen MR) is 61.3 cm³/mol. The molecule has 0 saturated carbocycles. The van der Waals surface area contributed by atoms with Gasteiger partial charge in [-0.15, -0.1) is 11.3 Å². The molecule has 0 fully saturated rings. The molecule has 0 aromatic carbocycles. The van der Waals surface area contributed by atoms with Crippen LogP contribution >= 0.6 is 11.3 Å². The first-order chi connectivity index (χ1) is 7.22. The zero-order chi connectivity index (χ0) is 11.1. The van der Waals surface area contributed by atoms with E-state index in [0.717, 1.165) is 17.2 Å². The third-order valence-corrected chi connectivity index (χ3v) is 2.93. The zero-order valence-corrected chi connectivity index (χ0v) is 10.0. The van der Waals surface area contributed by atoms with Gasteiger partial charge in [-0.05, 0) is 6.92 Å². The molecule has 86 valence electrons. The second kappa shape index (κ2) is 6.90. The summed E-state index contributed by atoms with van der Waals surface area (Å²) < 4.78 is 4.89. The Bertz CT molecular complexity index is 278. The number of aliphatic hydroxyl groups excluding tert-OH is 1. The molecule has 15 heavy (non-hydrogen) atoms. The predicted octanol–water partition coefficient (Wildman–Crippen LogP) is 0.591. The van der Waals surface area contributed by atoms with E-state index in [1.54, 1.807) is 18.4 Å². The molecule has 1 rings (SSSR count). The maximum absolute atomic E-state index is 9.67. The SMILES string of the molecule is COCCNCC(O)Cc1nc(C)cs1. The summed E-state index contributed by atoms with van der Waals surface area (Å²) in [5, 5.41) is 15.8. The van der Waals surface area contributed by atoms with Crippen LogP contribution in [-0.4, -0.2) is 43.0 Å². The number of rotatable bonds is 7. The van der Waals surface area contributed by atoms with E-state index in [9.17, 15) is 5.11 Å². The van der Waals surface area contributed by atoms with Crippen molar-refractivity contribution in [2.45, 2.75) is 19.4 Å². The standard InChI is InChI=1S/C10H18N2O2S/c1-8-7-15-10(12-8)5-9(13)6-11-3-4-14-2/h7,9,11,13H,3-6H2,1-2H3. The molecule has 1 atom stereocenters. The van der Waals surface area contributed by atoms with Gasteiger partial charge in [0.15, 0.2) is 0 Å². The van der Waals surface area contributed by atoms with Gasteiger partial charge in [0, 0.05) is 37.7 Å². The Balaban J connectivity index is 2.15. The molecule has 0 aliphatic carbocycles. The van der Waals surface area contributed by atoms with Crippen molar-refractivity contribution in [2.24, 2.45) is 0 Å². The van der Waals surface area contributed by atoms with Gasteiger partial charge in [-0.2, -0.15) is 0 Å². The molecule has 0 aliphatic heterocycles. The Morgan fingerprint density at radius 1 is 1.67 bits per heavy atom. The van der Waals surface area contributed by atoms with Gasteiger partial charge in [-0.1, -0.05) is 0 Å². The molecule has 2 N–H and O–H groups in total. The van der Waals surface area contributed by atoms with Crippen molar-refractivity contribution < 1.29 is 9.84 Å². The van der Waals surface area contributed by atoms with Gasteiger partial charge in [0.2, 0.25) is 0 Å². The lowest BCUT2D eigenvalue weighted by atomic mass is 10.2. The first-order valence-corrected chi connectivity index (χ1v) is 5.89. The van der Waals surface area contributed by atoms with Crippen molar-refractivity contribution >= 4 is 11.3 Å². The largest absolute Gasteiger partial charge is 0.391 e. The van der Waals surface area contributed by atoms with Gasteiger partial charge in [-0.25, -0.2) is 4.98 Å². The van der Waals surface area contributed by atoms with Crippen LogP contribution in [0, 0.1) is 6.92 Å². The fourth-order valence-corrected chi connectivity index (χ4v) is 2.06. The molecule has 0 spiro atoms. The molecule has 0 radical (unpaired) electrons. The number of aromatic nitrogens is 1. The molecule has 1 aromatic rings. The Morgan fingerprint density at radius 2 is 2.47 bits per heavy atom. The summed E-state index contributed by atoms with van der Waals surface area (Å²) in [5.74, 6) is 0. The summed E-state index contributed by atoms with van der Waals surface area (Å²) in [6.45, 7) is 3.98. The maximum atomic E-state index is 9.67. The number of aliphatic hydroxyl groups is 1. The Morgan fingerprint density at radius 3 is 3.07 bits per heavy atom. The topological polar surface area (TPSA) is 54.4 Å². The Labute approximate surface area is 94.3 Å². The molecule has 1 heterocycles. The van der Waals surface area contributed by atoms with Crippen LogP contribution in [0.15, 0.2) is 5.38 Å². The lowest BCUT2D eigenvalue weighted by Gasteiger charge is -2.09. The molecule has 0 aliphatic rings. The van der Waals surface area contributed by atoms with Crippen LogP contribution in [-0.2, 0) is 11.2 Å². The number of methoxy groups -OCH3 is 1. The molecule has 1 unspecified atom stereocenters. The number of hydrogen-bond donors (Lipinski definition) is 2. The molecular formula is C10H18N2O2S. The fourth-order valence-electron chi connectivity index (χ4n) is 1.21. The third kappa shape index (κ3) is 5.22. The summed E-state index contributed by atoms with van der Waals surface area (Å²) in [5.41, 5.74) is 1.02. The van der Waals surface area contributed by atoms with Crippen LogP contribution in [0.4, 0.5) is 0 Å². The lowest BCUT2D eigenvalue weighted by molar-refractivity contribution is 0.160. The van der Waals surface area contributed by atoms with Gasteiger partial charge in [-0.3, -0.25) is 0 Å². The van der Waals surface area contributed by atoms with Gasteiger partial charge >= 0.3 is 0 Å². The van der Waals surface area contributed by atoms with Crippen LogP contribution in [0.2, 0.25) is 0 Å². The van der Waals surface area contributed by atoms with Gasteiger partial charge in [0.1, 0.15) is 0 Å². The van der Waals surface area contributed by atoms with Crippen molar-refractivity contribution in [3.05, 3.63) is 16.1 Å². The molecule has 1 aromatic heterocycles. The van der Waals surface area contributed by atoms with Gasteiger partial charge in [0.25, 0.3) is 0 Å². The third-order valence-electron chi connectivity index (χ3n) is 1.94. The van der Waals surface area contributed by atoms with E-state index < -0.39 is 0 Å². The van der Waals surface area contributed by atoms with Gasteiger partial charge < -0.3 is 15.2 Å². The molecule has 4 nitrogen and oxygen atoms in total. The second-order valence-corrected chi connectivity index (χ2v) is 4.38. The zero-order valence-electron chi connectivity index (χ0n) is 9.19. The number of thiazole rings is 1. The first kappa shape index (κ1) is 12.6. The quantitative estimate of drug-likeness (QED) is 0.673. The lowest BCUT2D eigenvalue weighted by Crippen LogP contribution is -2.30. The van der Waals surface area contributed by atoms with Crippen LogP contribution in [0.3, 0.4) is 0 Å². The van der Waals surface area contributed by atoms with Crippen LogP contribution < -0.4 is 5.32 Å². The summed E-state index contributed by atoms with van der Waals surface area (Å²) in [6, 6.07) is 0. The smallest absolute Gasteiger partial charge is 0.0954 e. The normalized spacial score (nSPS) is 13.0. The van der Waals surface area contributed by atoms with E-state index in [4.69, 9.17) is 4.74 Å². The van der Waals surface area contributed by atoms with Crippen molar-refractivity contribution in [3.63, 3.8) is 0 Å². The van der Waals surface area contributed by atoms with E-state index in [1.807, 2.05) is 12.3 Å². The fraction of sp³-hybridized carbons (Fsp3) is 0.700. The Hall–Kier alpha value is -0.490. The van der Waals surface area contributed by atoms with Crippen molar-refractivity contribution in [2.75, 3.05) is 26.8 Å². The van der Waals surface area contributed by atoms with E-state index in [0.29, 0.717) is 19.6 Å². The molecular weight excluding hydrogens is 212 g/mol. The average Bonchev–Trinajstić information content (AvgIpc) is 2.59. The minimum atomic E-state index is -0.368. The van der Waals surface area contributed by atoms with E-state index >= 15 is 0 Å². The highest BCUT2D eigenvalue weighted by atomic mass is 32.1. The van der Waals surface area contributed by atoms with Crippen LogP contribution in [0.25, 0.3) is 0 Å². The summed E-state index contributed by atoms with van der Waals surface area (Å²) in [7, 11) is 1.66. The highest BCUT2D eigenvalue weighted by Gasteiger charge is 2.07. The molecule has 0 saturated heterocycles. The molecule has 0 amide bonds. The highest BCUT2D eigenvalue weighted by Crippen LogP contribution is 2.10. The monoisotopic (exact) mass is 230 g/mol. The number of ether oxygens (including phenoxy) is 1. The minimum Gasteiger partial charge on any atom is -0.391 e. The highest BCUT2D eigenvalue weighted by molar-refractivity contribution is 7.09. The van der Waals surface area contributed by atoms with Crippen LogP contribution in [0.1, 0.15) is 10.7 Å². The van der Waals surface area contributed by atoms with Crippen LogP contribution in [0.5, 0.6) is 0 Å². The summed E-state index contributed by atoms with van der Waals surface area (Å²) in [6.07, 6.45) is 0.255. The average molecular weight is 230 g/mol. The number of aryl methyl sites for hydroxylation is 1. The Kier molecular flexibility index (Phi) is 5.78. The van der Waals surface area contributed by atoms with Crippen molar-refractivity contribution in [1.29, 1.82) is 0 Å². The van der Waals surface area contributed by atoms with E-state index in [1.165, 1.54) is 0 Å². The molecule has 5 heteroatoms. The van der Waals surface area contributed by atoms with E-state index in [-0.39, 0.29) is 6.10 Å². The molecule has 0 bridgehead atoms. The summed E-state index contributed by atoms with van der Waals surface area (Å²) in [4.78, 5) is 4.30. The van der Waals surface area contributed by atoms with Gasteiger partial charge in [0.05, 0.1) is 17.7 Å². The second-order valence-electron chi connectivity index (χ2n) is 3.44. The summed E-state index contributed by atoms with van der Waals surface area (Å²) >= 11 is 1.60. The van der Waals surface area contributed by atoms with Crippen molar-refractivity contribution in [1.82, 2.24) is 10.3 Å². The van der Waals surface area contributed by atoms with E-state index in [2.05, 4.69) is 10.3 Å². The maximum Gasteiger partial charge on any atom is 0.0954 e. The first-order valence-electron chi connectivity index (χ1n) is 5.01. The number of hydrogen-bond acceptors (Lipinski definition) is 5. The minimum absolute atomic E-state index is 0.368.